The lowest BCUT2D eigenvalue weighted by atomic mass is 10.1. The van der Waals surface area contributed by atoms with Crippen LogP contribution in [0.2, 0.25) is 0 Å². The predicted octanol–water partition coefficient (Wildman–Crippen LogP) is 3.44. The molecule has 0 saturated heterocycles. The summed E-state index contributed by atoms with van der Waals surface area (Å²) in [6, 6.07) is 4.66. The summed E-state index contributed by atoms with van der Waals surface area (Å²) in [5.74, 6) is -2.97. The van der Waals surface area contributed by atoms with E-state index in [1.807, 2.05) is 0 Å². The Morgan fingerprint density at radius 1 is 1.08 bits per heavy atom. The minimum Gasteiger partial charge on any atom is -0.477 e. The lowest BCUT2D eigenvalue weighted by molar-refractivity contribution is -0.394. The Labute approximate surface area is 133 Å². The third kappa shape index (κ3) is 3.43. The molecule has 0 unspecified atom stereocenters. The zero-order valence-electron chi connectivity index (χ0n) is 12.1. The average Bonchev–Trinajstić information content (AvgIpc) is 2.44. The SMILES string of the molecule is Cc1cc(F)cc(Oc2cc(C(=O)O)c([N+](=O)[O-])cc2[N+](=O)[O-])c1. The van der Waals surface area contributed by atoms with E-state index in [4.69, 9.17) is 9.84 Å². The maximum atomic E-state index is 13.4. The third-order valence-corrected chi connectivity index (χ3v) is 2.94. The van der Waals surface area contributed by atoms with E-state index in [-0.39, 0.29) is 5.75 Å². The van der Waals surface area contributed by atoms with Crippen molar-refractivity contribution in [1.82, 2.24) is 0 Å². The molecule has 0 heterocycles. The highest BCUT2D eigenvalue weighted by molar-refractivity contribution is 5.93. The Morgan fingerprint density at radius 3 is 2.21 bits per heavy atom. The Hall–Kier alpha value is -3.56. The number of nitro benzene ring substituents is 2. The molecule has 0 bridgehead atoms. The Balaban J connectivity index is 2.63. The van der Waals surface area contributed by atoms with E-state index in [9.17, 15) is 29.4 Å². The summed E-state index contributed by atoms with van der Waals surface area (Å²) in [5.41, 5.74) is -2.08. The summed E-state index contributed by atoms with van der Waals surface area (Å²) in [7, 11) is 0. The van der Waals surface area contributed by atoms with E-state index in [0.717, 1.165) is 6.07 Å². The van der Waals surface area contributed by atoms with Gasteiger partial charge in [-0.3, -0.25) is 20.2 Å². The number of carboxylic acid groups (broad SMARTS) is 1. The second-order valence-electron chi connectivity index (χ2n) is 4.72. The van der Waals surface area contributed by atoms with E-state index < -0.39 is 44.3 Å². The fraction of sp³-hybridized carbons (Fsp3) is 0.0714. The maximum absolute atomic E-state index is 13.4. The van der Waals surface area contributed by atoms with E-state index in [1.165, 1.54) is 12.1 Å². The largest absolute Gasteiger partial charge is 0.477 e. The van der Waals surface area contributed by atoms with Gasteiger partial charge in [-0.25, -0.2) is 9.18 Å². The first-order chi connectivity index (χ1) is 11.2. The molecule has 9 nitrogen and oxygen atoms in total. The summed E-state index contributed by atoms with van der Waals surface area (Å²) >= 11 is 0. The van der Waals surface area contributed by atoms with Crippen molar-refractivity contribution in [2.24, 2.45) is 0 Å². The zero-order valence-corrected chi connectivity index (χ0v) is 12.1. The first-order valence-electron chi connectivity index (χ1n) is 6.34. The smallest absolute Gasteiger partial charge is 0.342 e. The molecule has 124 valence electrons. The van der Waals surface area contributed by atoms with Gasteiger partial charge in [0.15, 0.2) is 0 Å². The van der Waals surface area contributed by atoms with E-state index in [2.05, 4.69) is 0 Å². The molecule has 2 rings (SSSR count). The molecule has 0 fully saturated rings. The van der Waals surface area contributed by atoms with Crippen molar-refractivity contribution in [3.8, 4) is 11.5 Å². The number of ether oxygens (including phenoxy) is 1. The number of carboxylic acids is 1. The van der Waals surface area contributed by atoms with Crippen LogP contribution in [-0.4, -0.2) is 20.9 Å². The van der Waals surface area contributed by atoms with Gasteiger partial charge in [0, 0.05) is 12.1 Å². The first kappa shape index (κ1) is 16.8. The summed E-state index contributed by atoms with van der Waals surface area (Å²) in [4.78, 5) is 31.1. The van der Waals surface area contributed by atoms with E-state index >= 15 is 0 Å². The number of hydrogen-bond acceptors (Lipinski definition) is 6. The van der Waals surface area contributed by atoms with E-state index in [1.54, 1.807) is 6.92 Å². The molecule has 0 aliphatic heterocycles. The van der Waals surface area contributed by atoms with Crippen LogP contribution in [0, 0.1) is 33.0 Å². The van der Waals surface area contributed by atoms with Gasteiger partial charge in [-0.1, -0.05) is 0 Å². The fourth-order valence-electron chi connectivity index (χ4n) is 1.99. The Morgan fingerprint density at radius 2 is 1.71 bits per heavy atom. The molecule has 0 atom stereocenters. The molecule has 2 aromatic rings. The van der Waals surface area contributed by atoms with Gasteiger partial charge >= 0.3 is 11.7 Å². The molecule has 0 aliphatic carbocycles. The van der Waals surface area contributed by atoms with Gasteiger partial charge in [0.25, 0.3) is 5.69 Å². The van der Waals surface area contributed by atoms with E-state index in [0.29, 0.717) is 17.7 Å². The number of aryl methyl sites for hydroxylation is 1. The van der Waals surface area contributed by atoms with Crippen molar-refractivity contribution in [3.63, 3.8) is 0 Å². The molecule has 0 amide bonds. The van der Waals surface area contributed by atoms with Crippen LogP contribution < -0.4 is 4.74 Å². The molecule has 0 radical (unpaired) electrons. The van der Waals surface area contributed by atoms with Crippen molar-refractivity contribution in [1.29, 1.82) is 0 Å². The molecular weight excluding hydrogens is 327 g/mol. The van der Waals surface area contributed by atoms with Crippen LogP contribution in [0.25, 0.3) is 0 Å². The topological polar surface area (TPSA) is 133 Å². The van der Waals surface area contributed by atoms with Crippen LogP contribution in [0.5, 0.6) is 11.5 Å². The number of nitro groups is 2. The van der Waals surface area contributed by atoms with Gasteiger partial charge in [-0.05, 0) is 24.6 Å². The molecular formula is C14H9FN2O7. The average molecular weight is 336 g/mol. The number of carbonyl (C=O) groups is 1. The van der Waals surface area contributed by atoms with Crippen molar-refractivity contribution < 1.29 is 28.9 Å². The monoisotopic (exact) mass is 336 g/mol. The zero-order chi connectivity index (χ0) is 18.0. The van der Waals surface area contributed by atoms with Crippen LogP contribution in [0.3, 0.4) is 0 Å². The lowest BCUT2D eigenvalue weighted by Crippen LogP contribution is -2.05. The second kappa shape index (κ2) is 6.28. The van der Waals surface area contributed by atoms with Gasteiger partial charge in [0.05, 0.1) is 15.9 Å². The molecule has 1 N–H and O–H groups in total. The second-order valence-corrected chi connectivity index (χ2v) is 4.72. The summed E-state index contributed by atoms with van der Waals surface area (Å²) in [6.07, 6.45) is 0. The van der Waals surface area contributed by atoms with Gasteiger partial charge < -0.3 is 9.84 Å². The van der Waals surface area contributed by atoms with Crippen molar-refractivity contribution in [2.75, 3.05) is 0 Å². The standard InChI is InChI=1S/C14H9FN2O7/c1-7-2-8(15)4-9(3-7)24-13-5-10(14(18)19)11(16(20)21)6-12(13)17(22)23/h2-6H,1H3,(H,18,19). The van der Waals surface area contributed by atoms with Gasteiger partial charge in [0.2, 0.25) is 5.75 Å². The number of halogens is 1. The highest BCUT2D eigenvalue weighted by atomic mass is 19.1. The first-order valence-corrected chi connectivity index (χ1v) is 6.34. The van der Waals surface area contributed by atoms with Crippen molar-refractivity contribution >= 4 is 17.3 Å². The van der Waals surface area contributed by atoms with Crippen LogP contribution in [0.15, 0.2) is 30.3 Å². The minimum absolute atomic E-state index is 0.110. The van der Waals surface area contributed by atoms with Crippen LogP contribution >= 0.6 is 0 Å². The number of nitrogens with zero attached hydrogens (tertiary/aromatic N) is 2. The minimum atomic E-state index is -1.66. The van der Waals surface area contributed by atoms with Crippen molar-refractivity contribution in [2.45, 2.75) is 6.92 Å². The summed E-state index contributed by atoms with van der Waals surface area (Å²) < 4.78 is 18.6. The van der Waals surface area contributed by atoms with Gasteiger partial charge in [-0.15, -0.1) is 0 Å². The number of hydrogen-bond donors (Lipinski definition) is 1. The predicted molar refractivity (Wildman–Crippen MR) is 77.9 cm³/mol. The highest BCUT2D eigenvalue weighted by Crippen LogP contribution is 2.37. The summed E-state index contributed by atoms with van der Waals surface area (Å²) in [6.45, 7) is 1.56. The fourth-order valence-corrected chi connectivity index (χ4v) is 1.99. The number of aromatic carboxylic acids is 1. The van der Waals surface area contributed by atoms with Gasteiger partial charge in [0.1, 0.15) is 17.1 Å². The number of rotatable bonds is 5. The van der Waals surface area contributed by atoms with Crippen LogP contribution in [-0.2, 0) is 0 Å². The highest BCUT2D eigenvalue weighted by Gasteiger charge is 2.29. The molecule has 2 aromatic carbocycles. The quantitative estimate of drug-likeness (QED) is 0.653. The molecule has 0 aliphatic rings. The molecule has 0 saturated carbocycles. The maximum Gasteiger partial charge on any atom is 0.342 e. The lowest BCUT2D eigenvalue weighted by Gasteiger charge is -2.08. The summed E-state index contributed by atoms with van der Waals surface area (Å²) in [5, 5.41) is 31.0. The molecule has 10 heteroatoms. The Bertz CT molecular complexity index is 846. The van der Waals surface area contributed by atoms with Crippen LogP contribution in [0.4, 0.5) is 15.8 Å². The Kier molecular flexibility index (Phi) is 4.40. The van der Waals surface area contributed by atoms with Gasteiger partial charge in [-0.2, -0.15) is 0 Å². The molecule has 24 heavy (non-hydrogen) atoms. The molecule has 0 spiro atoms. The normalized spacial score (nSPS) is 10.2. The third-order valence-electron chi connectivity index (χ3n) is 2.94. The molecule has 0 aromatic heterocycles. The van der Waals surface area contributed by atoms with Crippen molar-refractivity contribution in [3.05, 3.63) is 67.5 Å². The number of benzene rings is 2. The van der Waals surface area contributed by atoms with Crippen LogP contribution in [0.1, 0.15) is 15.9 Å².